The Morgan fingerprint density at radius 2 is 1.78 bits per heavy atom. The van der Waals surface area contributed by atoms with Gasteiger partial charge in [0, 0.05) is 29.7 Å². The van der Waals surface area contributed by atoms with Crippen molar-refractivity contribution in [3.63, 3.8) is 0 Å². The largest absolute Gasteiger partial charge is 0.493 e. The van der Waals surface area contributed by atoms with Crippen LogP contribution in [0.3, 0.4) is 0 Å². The van der Waals surface area contributed by atoms with Crippen LogP contribution in [-0.4, -0.2) is 38.2 Å². The number of halogens is 2. The van der Waals surface area contributed by atoms with Gasteiger partial charge in [0.05, 0.1) is 7.11 Å². The van der Waals surface area contributed by atoms with Crippen LogP contribution >= 0.6 is 15.9 Å². The molecule has 0 aliphatic heterocycles. The van der Waals surface area contributed by atoms with E-state index in [0.717, 1.165) is 41.8 Å². The van der Waals surface area contributed by atoms with Crippen LogP contribution in [-0.2, 0) is 13.2 Å². The smallest absolute Gasteiger partial charge is 0.167 e. The van der Waals surface area contributed by atoms with Crippen molar-refractivity contribution in [3.8, 4) is 11.5 Å². The molecular weight excluding hydrogens is 411 g/mol. The summed E-state index contributed by atoms with van der Waals surface area (Å²) in [5.74, 6) is 1.13. The summed E-state index contributed by atoms with van der Waals surface area (Å²) in [5.41, 5.74) is 1.91. The minimum Gasteiger partial charge on any atom is -0.493 e. The van der Waals surface area contributed by atoms with E-state index in [1.807, 2.05) is 12.1 Å². The minimum atomic E-state index is -0.253. The van der Waals surface area contributed by atoms with E-state index < -0.39 is 0 Å². The lowest BCUT2D eigenvalue weighted by molar-refractivity contribution is 0.278. The Hall–Kier alpha value is -1.63. The number of likely N-dealkylation sites (N-methyl/N-ethyl adjacent to an activating group) is 1. The summed E-state index contributed by atoms with van der Waals surface area (Å²) in [6.07, 6.45) is 0. The lowest BCUT2D eigenvalue weighted by Crippen LogP contribution is -2.31. The van der Waals surface area contributed by atoms with E-state index >= 15 is 0 Å². The highest BCUT2D eigenvalue weighted by atomic mass is 79.9. The molecule has 0 bridgehead atoms. The van der Waals surface area contributed by atoms with E-state index in [1.165, 1.54) is 12.1 Å². The van der Waals surface area contributed by atoms with E-state index in [4.69, 9.17) is 9.47 Å². The molecule has 2 aromatic carbocycles. The molecule has 2 rings (SSSR count). The first kappa shape index (κ1) is 21.7. The fourth-order valence-electron chi connectivity index (χ4n) is 2.79. The Bertz CT molecular complexity index is 706. The quantitative estimate of drug-likeness (QED) is 0.519. The van der Waals surface area contributed by atoms with Crippen molar-refractivity contribution >= 4 is 15.9 Å². The van der Waals surface area contributed by atoms with E-state index in [1.54, 1.807) is 19.2 Å². The third-order valence-corrected chi connectivity index (χ3v) is 5.23. The van der Waals surface area contributed by atoms with Gasteiger partial charge in [-0.25, -0.2) is 4.39 Å². The zero-order chi connectivity index (χ0) is 19.6. The normalized spacial score (nSPS) is 11.0. The molecule has 0 aromatic heterocycles. The SMILES string of the molecule is CCN(CC)CCNCc1c(Br)ccc(OC)c1OCc1ccc(F)cc1. The van der Waals surface area contributed by atoms with Gasteiger partial charge < -0.3 is 19.7 Å². The van der Waals surface area contributed by atoms with Crippen LogP contribution < -0.4 is 14.8 Å². The summed E-state index contributed by atoms with van der Waals surface area (Å²) in [6.45, 7) is 9.34. The summed E-state index contributed by atoms with van der Waals surface area (Å²) < 4.78 is 25.6. The van der Waals surface area contributed by atoms with Crippen LogP contribution in [0.15, 0.2) is 40.9 Å². The molecule has 0 atom stereocenters. The molecule has 0 saturated heterocycles. The van der Waals surface area contributed by atoms with Crippen LogP contribution in [0.5, 0.6) is 11.5 Å². The molecule has 6 heteroatoms. The highest BCUT2D eigenvalue weighted by Crippen LogP contribution is 2.36. The molecule has 0 aliphatic carbocycles. The van der Waals surface area contributed by atoms with Crippen molar-refractivity contribution in [2.75, 3.05) is 33.3 Å². The van der Waals surface area contributed by atoms with Gasteiger partial charge in [-0.05, 0) is 42.9 Å². The van der Waals surface area contributed by atoms with Crippen molar-refractivity contribution < 1.29 is 13.9 Å². The van der Waals surface area contributed by atoms with Gasteiger partial charge in [0.2, 0.25) is 0 Å². The topological polar surface area (TPSA) is 33.7 Å². The molecule has 1 N–H and O–H groups in total. The van der Waals surface area contributed by atoms with Gasteiger partial charge in [-0.1, -0.05) is 41.9 Å². The minimum absolute atomic E-state index is 0.253. The maximum absolute atomic E-state index is 13.1. The van der Waals surface area contributed by atoms with E-state index in [-0.39, 0.29) is 5.82 Å². The highest BCUT2D eigenvalue weighted by Gasteiger charge is 2.15. The number of ether oxygens (including phenoxy) is 2. The first-order chi connectivity index (χ1) is 13.1. The molecule has 4 nitrogen and oxygen atoms in total. The predicted octanol–water partition coefficient (Wildman–Crippen LogP) is 4.61. The Labute approximate surface area is 169 Å². The monoisotopic (exact) mass is 438 g/mol. The van der Waals surface area contributed by atoms with Gasteiger partial charge in [0.25, 0.3) is 0 Å². The summed E-state index contributed by atoms with van der Waals surface area (Å²) in [6, 6.07) is 10.2. The summed E-state index contributed by atoms with van der Waals surface area (Å²) in [5, 5.41) is 3.48. The van der Waals surface area contributed by atoms with Crippen molar-refractivity contribution in [3.05, 3.63) is 57.8 Å². The molecule has 0 spiro atoms. The van der Waals surface area contributed by atoms with Gasteiger partial charge in [0.1, 0.15) is 12.4 Å². The molecule has 0 heterocycles. The van der Waals surface area contributed by atoms with Crippen LogP contribution in [0, 0.1) is 5.82 Å². The average molecular weight is 439 g/mol. The number of rotatable bonds is 11. The second kappa shape index (κ2) is 11.3. The van der Waals surface area contributed by atoms with Gasteiger partial charge in [-0.15, -0.1) is 0 Å². The third-order valence-electron chi connectivity index (χ3n) is 4.48. The number of methoxy groups -OCH3 is 1. The molecule has 0 aliphatic rings. The van der Waals surface area contributed by atoms with Crippen LogP contribution in [0.1, 0.15) is 25.0 Å². The fraction of sp³-hybridized carbons (Fsp3) is 0.429. The zero-order valence-corrected chi connectivity index (χ0v) is 17.8. The first-order valence-corrected chi connectivity index (χ1v) is 10.0. The summed E-state index contributed by atoms with van der Waals surface area (Å²) >= 11 is 3.62. The molecule has 2 aromatic rings. The molecule has 0 saturated carbocycles. The van der Waals surface area contributed by atoms with E-state index in [2.05, 4.69) is 40.0 Å². The fourth-order valence-corrected chi connectivity index (χ4v) is 3.24. The average Bonchev–Trinajstić information content (AvgIpc) is 2.69. The van der Waals surface area contributed by atoms with Crippen LogP contribution in [0.4, 0.5) is 4.39 Å². The molecule has 0 amide bonds. The summed E-state index contributed by atoms with van der Waals surface area (Å²) in [4.78, 5) is 2.37. The number of nitrogens with zero attached hydrogens (tertiary/aromatic N) is 1. The number of benzene rings is 2. The van der Waals surface area contributed by atoms with Crippen molar-refractivity contribution in [1.29, 1.82) is 0 Å². The number of hydrogen-bond acceptors (Lipinski definition) is 4. The van der Waals surface area contributed by atoms with Gasteiger partial charge in [0.15, 0.2) is 11.5 Å². The number of nitrogens with one attached hydrogen (secondary N) is 1. The van der Waals surface area contributed by atoms with Crippen molar-refractivity contribution in [2.24, 2.45) is 0 Å². The molecule has 27 heavy (non-hydrogen) atoms. The zero-order valence-electron chi connectivity index (χ0n) is 16.2. The van der Waals surface area contributed by atoms with Crippen LogP contribution in [0.25, 0.3) is 0 Å². The second-order valence-electron chi connectivity index (χ2n) is 6.18. The molecular formula is C21H28BrFN2O2. The van der Waals surface area contributed by atoms with Gasteiger partial charge in [-0.2, -0.15) is 0 Å². The summed E-state index contributed by atoms with van der Waals surface area (Å²) in [7, 11) is 1.63. The first-order valence-electron chi connectivity index (χ1n) is 9.24. The van der Waals surface area contributed by atoms with E-state index in [0.29, 0.717) is 24.7 Å². The molecule has 148 valence electrons. The predicted molar refractivity (Wildman–Crippen MR) is 111 cm³/mol. The Morgan fingerprint density at radius 3 is 2.41 bits per heavy atom. The Morgan fingerprint density at radius 1 is 1.07 bits per heavy atom. The van der Waals surface area contributed by atoms with Crippen LogP contribution in [0.2, 0.25) is 0 Å². The second-order valence-corrected chi connectivity index (χ2v) is 7.03. The Kier molecular flexibility index (Phi) is 9.04. The van der Waals surface area contributed by atoms with E-state index in [9.17, 15) is 4.39 Å². The standard InChI is InChI=1S/C21H28BrFN2O2/c1-4-25(5-2)13-12-24-14-18-19(22)10-11-20(26-3)21(18)27-15-16-6-8-17(23)9-7-16/h6-11,24H,4-5,12-15H2,1-3H3. The lowest BCUT2D eigenvalue weighted by Gasteiger charge is -2.20. The highest BCUT2D eigenvalue weighted by molar-refractivity contribution is 9.10. The lowest BCUT2D eigenvalue weighted by atomic mass is 10.1. The molecule has 0 radical (unpaired) electrons. The van der Waals surface area contributed by atoms with Crippen molar-refractivity contribution in [2.45, 2.75) is 27.0 Å². The maximum atomic E-state index is 13.1. The molecule has 0 unspecified atom stereocenters. The Balaban J connectivity index is 2.07. The van der Waals surface area contributed by atoms with Gasteiger partial charge >= 0.3 is 0 Å². The van der Waals surface area contributed by atoms with Crippen molar-refractivity contribution in [1.82, 2.24) is 10.2 Å². The number of hydrogen-bond donors (Lipinski definition) is 1. The van der Waals surface area contributed by atoms with Gasteiger partial charge in [-0.3, -0.25) is 0 Å². The molecule has 0 fully saturated rings. The third kappa shape index (κ3) is 6.48. The maximum Gasteiger partial charge on any atom is 0.167 e.